The third-order valence-corrected chi connectivity index (χ3v) is 4.41. The molecule has 22 heavy (non-hydrogen) atoms. The fourth-order valence-electron chi connectivity index (χ4n) is 2.16. The average molecular weight is 438 g/mol. The molecule has 0 aliphatic heterocycles. The fraction of sp³-hybridized carbons (Fsp3) is 0.750. The van der Waals surface area contributed by atoms with Gasteiger partial charge in [-0.05, 0) is 26.2 Å². The Morgan fingerprint density at radius 3 is 2.64 bits per heavy atom. The van der Waals surface area contributed by atoms with E-state index in [4.69, 9.17) is 0 Å². The molecule has 1 unspecified atom stereocenters. The van der Waals surface area contributed by atoms with Crippen LogP contribution in [0.2, 0.25) is 0 Å². The molecule has 1 rings (SSSR count). The van der Waals surface area contributed by atoms with Gasteiger partial charge in [0.15, 0.2) is 5.96 Å². The van der Waals surface area contributed by atoms with E-state index in [1.54, 1.807) is 11.3 Å². The van der Waals surface area contributed by atoms with E-state index in [2.05, 4.69) is 41.4 Å². The van der Waals surface area contributed by atoms with Crippen molar-refractivity contribution in [3.63, 3.8) is 0 Å². The second-order valence-corrected chi connectivity index (χ2v) is 6.66. The van der Waals surface area contributed by atoms with Gasteiger partial charge in [-0.25, -0.2) is 9.98 Å². The molecular weight excluding hydrogens is 407 g/mol. The number of guanidine groups is 1. The molecule has 2 N–H and O–H groups in total. The maximum atomic E-state index is 4.65. The number of aryl methyl sites for hydroxylation is 1. The van der Waals surface area contributed by atoms with E-state index in [0.29, 0.717) is 6.54 Å². The Kier molecular flexibility index (Phi) is 12.9. The van der Waals surface area contributed by atoms with Crippen LogP contribution in [-0.2, 0) is 6.54 Å². The molecule has 0 saturated carbocycles. The fourth-order valence-corrected chi connectivity index (χ4v) is 2.88. The molecule has 1 aromatic heterocycles. The van der Waals surface area contributed by atoms with Gasteiger partial charge in [-0.15, -0.1) is 35.3 Å². The van der Waals surface area contributed by atoms with Crippen LogP contribution in [0.4, 0.5) is 0 Å². The highest BCUT2D eigenvalue weighted by Gasteiger charge is 2.07. The Bertz CT molecular complexity index is 420. The summed E-state index contributed by atoms with van der Waals surface area (Å²) in [5.74, 6) is 1.65. The highest BCUT2D eigenvalue weighted by atomic mass is 127. The predicted molar refractivity (Wildman–Crippen MR) is 108 cm³/mol. The molecule has 1 heterocycles. The molecule has 1 aromatic rings. The molecule has 0 bridgehead atoms. The lowest BCUT2D eigenvalue weighted by Gasteiger charge is -2.17. The van der Waals surface area contributed by atoms with Gasteiger partial charge in [0.25, 0.3) is 0 Å². The van der Waals surface area contributed by atoms with Gasteiger partial charge in [-0.1, -0.05) is 33.1 Å². The number of nitrogens with one attached hydrogen (secondary N) is 2. The summed E-state index contributed by atoms with van der Waals surface area (Å²) in [7, 11) is 0. The van der Waals surface area contributed by atoms with Crippen LogP contribution in [0.1, 0.15) is 56.3 Å². The summed E-state index contributed by atoms with van der Waals surface area (Å²) in [5.41, 5.74) is 0. The Labute approximate surface area is 156 Å². The van der Waals surface area contributed by atoms with Crippen LogP contribution in [-0.4, -0.2) is 24.0 Å². The minimum absolute atomic E-state index is 0. The van der Waals surface area contributed by atoms with Gasteiger partial charge in [0.2, 0.25) is 0 Å². The van der Waals surface area contributed by atoms with Gasteiger partial charge in [0.1, 0.15) is 0 Å². The topological polar surface area (TPSA) is 49.3 Å². The minimum atomic E-state index is 0. The van der Waals surface area contributed by atoms with Gasteiger partial charge in [-0.3, -0.25) is 0 Å². The van der Waals surface area contributed by atoms with Crippen molar-refractivity contribution >= 4 is 41.3 Å². The van der Waals surface area contributed by atoms with Gasteiger partial charge in [0.05, 0.1) is 11.6 Å². The Morgan fingerprint density at radius 1 is 1.32 bits per heavy atom. The van der Waals surface area contributed by atoms with Crippen molar-refractivity contribution in [3.05, 3.63) is 16.1 Å². The van der Waals surface area contributed by atoms with Crippen molar-refractivity contribution in [3.8, 4) is 0 Å². The molecule has 6 heteroatoms. The van der Waals surface area contributed by atoms with Gasteiger partial charge < -0.3 is 10.6 Å². The molecule has 0 spiro atoms. The van der Waals surface area contributed by atoms with Crippen LogP contribution in [0.5, 0.6) is 0 Å². The zero-order chi connectivity index (χ0) is 15.5. The molecular formula is C16H31IN4S. The van der Waals surface area contributed by atoms with Gasteiger partial charge in [0, 0.05) is 24.2 Å². The highest BCUT2D eigenvalue weighted by Crippen LogP contribution is 2.13. The first kappa shape index (κ1) is 21.6. The molecule has 4 nitrogen and oxygen atoms in total. The molecule has 0 amide bonds. The monoisotopic (exact) mass is 438 g/mol. The number of nitrogens with zero attached hydrogens (tertiary/aromatic N) is 2. The van der Waals surface area contributed by atoms with E-state index >= 15 is 0 Å². The predicted octanol–water partition coefficient (Wildman–Crippen LogP) is 4.34. The molecule has 0 aliphatic carbocycles. The van der Waals surface area contributed by atoms with Crippen LogP contribution < -0.4 is 10.6 Å². The molecule has 0 radical (unpaired) electrons. The normalized spacial score (nSPS) is 12.6. The Morgan fingerprint density at radius 2 is 2.09 bits per heavy atom. The lowest BCUT2D eigenvalue weighted by atomic mass is 9.99. The van der Waals surface area contributed by atoms with Crippen LogP contribution in [0.25, 0.3) is 0 Å². The van der Waals surface area contributed by atoms with Gasteiger partial charge >= 0.3 is 0 Å². The van der Waals surface area contributed by atoms with E-state index in [1.165, 1.54) is 30.6 Å². The first-order chi connectivity index (χ1) is 10.2. The summed E-state index contributed by atoms with van der Waals surface area (Å²) >= 11 is 1.71. The summed E-state index contributed by atoms with van der Waals surface area (Å²) in [5, 5.41) is 7.90. The quantitative estimate of drug-likeness (QED) is 0.343. The van der Waals surface area contributed by atoms with E-state index in [1.807, 2.05) is 13.1 Å². The third kappa shape index (κ3) is 8.92. The van der Waals surface area contributed by atoms with Crippen molar-refractivity contribution in [1.29, 1.82) is 0 Å². The molecule has 128 valence electrons. The van der Waals surface area contributed by atoms with Gasteiger partial charge in [-0.2, -0.15) is 0 Å². The summed E-state index contributed by atoms with van der Waals surface area (Å²) in [6, 6.07) is 0. The van der Waals surface area contributed by atoms with Crippen molar-refractivity contribution in [2.24, 2.45) is 10.9 Å². The summed E-state index contributed by atoms with van der Waals surface area (Å²) in [6.45, 7) is 11.2. The second kappa shape index (κ2) is 13.1. The van der Waals surface area contributed by atoms with Crippen molar-refractivity contribution in [2.45, 2.75) is 59.9 Å². The molecule has 0 aromatic carbocycles. The Balaban J connectivity index is 0.00000441. The number of hydrogen-bond acceptors (Lipinski definition) is 3. The third-order valence-electron chi connectivity index (χ3n) is 3.51. The second-order valence-electron chi connectivity index (χ2n) is 5.34. The van der Waals surface area contributed by atoms with Crippen molar-refractivity contribution in [1.82, 2.24) is 15.6 Å². The maximum absolute atomic E-state index is 4.65. The van der Waals surface area contributed by atoms with Crippen molar-refractivity contribution < 1.29 is 0 Å². The molecule has 0 fully saturated rings. The SMILES string of the molecule is CCCCC(CC)CNC(=NCc1cnc(C)s1)NCC.I. The van der Waals surface area contributed by atoms with E-state index in [-0.39, 0.29) is 24.0 Å². The van der Waals surface area contributed by atoms with Crippen LogP contribution >= 0.6 is 35.3 Å². The number of halogens is 1. The standard InChI is InChI=1S/C16H30N4S.HI/c1-5-8-9-14(6-2)10-19-16(17-7-3)20-12-15-11-18-13(4)21-15;/h11,14H,5-10,12H2,1-4H3,(H2,17,19,20);1H. The number of thiazole rings is 1. The maximum Gasteiger partial charge on any atom is 0.191 e. The lowest BCUT2D eigenvalue weighted by Crippen LogP contribution is -2.39. The number of hydrogen-bond donors (Lipinski definition) is 2. The average Bonchev–Trinajstić information content (AvgIpc) is 2.90. The number of rotatable bonds is 9. The summed E-state index contributed by atoms with van der Waals surface area (Å²) in [6.07, 6.45) is 7.03. The number of aromatic nitrogens is 1. The van der Waals surface area contributed by atoms with Crippen molar-refractivity contribution in [2.75, 3.05) is 13.1 Å². The van der Waals surface area contributed by atoms with E-state index in [0.717, 1.165) is 30.0 Å². The van der Waals surface area contributed by atoms with E-state index < -0.39 is 0 Å². The van der Waals surface area contributed by atoms with Crippen LogP contribution in [0.15, 0.2) is 11.2 Å². The largest absolute Gasteiger partial charge is 0.357 e. The van der Waals surface area contributed by atoms with E-state index in [9.17, 15) is 0 Å². The molecule has 0 saturated heterocycles. The number of unbranched alkanes of at least 4 members (excludes halogenated alkanes) is 1. The van der Waals surface area contributed by atoms with Crippen LogP contribution in [0, 0.1) is 12.8 Å². The molecule has 1 atom stereocenters. The summed E-state index contributed by atoms with van der Waals surface area (Å²) in [4.78, 5) is 10.1. The highest BCUT2D eigenvalue weighted by molar-refractivity contribution is 14.0. The molecule has 0 aliphatic rings. The summed E-state index contributed by atoms with van der Waals surface area (Å²) < 4.78 is 0. The smallest absolute Gasteiger partial charge is 0.191 e. The van der Waals surface area contributed by atoms with Crippen LogP contribution in [0.3, 0.4) is 0 Å². The Hall–Kier alpha value is -0.370. The minimum Gasteiger partial charge on any atom is -0.357 e. The first-order valence-electron chi connectivity index (χ1n) is 8.13. The zero-order valence-corrected chi connectivity index (χ0v) is 17.5. The first-order valence-corrected chi connectivity index (χ1v) is 8.94. The zero-order valence-electron chi connectivity index (χ0n) is 14.3. The number of aliphatic imine (C=N–C) groups is 1. The lowest BCUT2D eigenvalue weighted by molar-refractivity contribution is 0.443.